The molecular weight excluding hydrogens is 224 g/mol. The fourth-order valence-electron chi connectivity index (χ4n) is 2.07. The molecule has 1 aliphatic rings. The van der Waals surface area contributed by atoms with Crippen molar-refractivity contribution < 1.29 is 5.11 Å². The maximum atomic E-state index is 10.0. The fourth-order valence-corrected chi connectivity index (χ4v) is 2.23. The van der Waals surface area contributed by atoms with E-state index in [2.05, 4.69) is 9.88 Å². The van der Waals surface area contributed by atoms with Gasteiger partial charge < -0.3 is 10.0 Å². The Kier molecular flexibility index (Phi) is 3.36. The van der Waals surface area contributed by atoms with E-state index in [9.17, 15) is 5.11 Å². The fraction of sp³-hybridized carbons (Fsp3) is 0.583. The minimum Gasteiger partial charge on any atom is -0.390 e. The van der Waals surface area contributed by atoms with E-state index >= 15 is 0 Å². The lowest BCUT2D eigenvalue weighted by atomic mass is 9.98. The molecule has 0 amide bonds. The highest BCUT2D eigenvalue weighted by molar-refractivity contribution is 6.29. The van der Waals surface area contributed by atoms with Gasteiger partial charge in [0.2, 0.25) is 0 Å². The Morgan fingerprint density at radius 2 is 2.19 bits per heavy atom. The Labute approximate surface area is 101 Å². The summed E-state index contributed by atoms with van der Waals surface area (Å²) in [6, 6.07) is 5.65. The van der Waals surface area contributed by atoms with E-state index in [4.69, 9.17) is 11.6 Å². The second-order valence-corrected chi connectivity index (χ2v) is 5.04. The van der Waals surface area contributed by atoms with Crippen molar-refractivity contribution in [1.82, 2.24) is 4.98 Å². The third kappa shape index (κ3) is 2.86. The van der Waals surface area contributed by atoms with Gasteiger partial charge in [-0.3, -0.25) is 0 Å². The number of hydrogen-bond donors (Lipinski definition) is 1. The molecule has 0 radical (unpaired) electrons. The molecule has 2 heterocycles. The van der Waals surface area contributed by atoms with Crippen molar-refractivity contribution in [2.75, 3.05) is 18.0 Å². The number of anilines is 1. The minimum atomic E-state index is -0.534. The highest BCUT2D eigenvalue weighted by Crippen LogP contribution is 2.24. The summed E-state index contributed by atoms with van der Waals surface area (Å²) in [6.07, 6.45) is 2.62. The first-order chi connectivity index (χ1) is 7.57. The van der Waals surface area contributed by atoms with Gasteiger partial charge in [-0.1, -0.05) is 17.7 Å². The van der Waals surface area contributed by atoms with Crippen LogP contribution >= 0.6 is 11.6 Å². The van der Waals surface area contributed by atoms with Crippen molar-refractivity contribution in [1.29, 1.82) is 0 Å². The molecule has 4 heteroatoms. The zero-order valence-electron chi connectivity index (χ0n) is 9.49. The second kappa shape index (κ2) is 4.60. The second-order valence-electron chi connectivity index (χ2n) is 4.66. The van der Waals surface area contributed by atoms with Crippen molar-refractivity contribution in [2.24, 2.45) is 0 Å². The number of aromatic nitrogens is 1. The Bertz CT molecular complexity index is 368. The molecule has 2 rings (SSSR count). The van der Waals surface area contributed by atoms with Gasteiger partial charge in [0.25, 0.3) is 0 Å². The van der Waals surface area contributed by atoms with Crippen LogP contribution in [0.2, 0.25) is 5.15 Å². The van der Waals surface area contributed by atoms with E-state index in [1.807, 2.05) is 19.1 Å². The van der Waals surface area contributed by atoms with Gasteiger partial charge in [-0.2, -0.15) is 0 Å². The third-order valence-corrected chi connectivity index (χ3v) is 3.30. The summed E-state index contributed by atoms with van der Waals surface area (Å²) in [5.74, 6) is 0.908. The average Bonchev–Trinajstić information content (AvgIpc) is 2.39. The summed E-state index contributed by atoms with van der Waals surface area (Å²) in [5, 5.41) is 10.5. The summed E-state index contributed by atoms with van der Waals surface area (Å²) in [4.78, 5) is 6.48. The summed E-state index contributed by atoms with van der Waals surface area (Å²) >= 11 is 5.87. The van der Waals surface area contributed by atoms with Gasteiger partial charge in [-0.25, -0.2) is 4.98 Å². The Hall–Kier alpha value is -0.800. The summed E-state index contributed by atoms with van der Waals surface area (Å²) in [7, 11) is 0. The average molecular weight is 241 g/mol. The van der Waals surface area contributed by atoms with Gasteiger partial charge in [0.05, 0.1) is 5.60 Å². The first-order valence-corrected chi connectivity index (χ1v) is 6.04. The van der Waals surface area contributed by atoms with Gasteiger partial charge in [-0.05, 0) is 38.3 Å². The molecule has 1 unspecified atom stereocenters. The smallest absolute Gasteiger partial charge is 0.131 e. The van der Waals surface area contributed by atoms with Crippen LogP contribution in [-0.4, -0.2) is 28.8 Å². The van der Waals surface area contributed by atoms with Crippen LogP contribution in [0.1, 0.15) is 26.2 Å². The highest BCUT2D eigenvalue weighted by Gasteiger charge is 2.25. The van der Waals surface area contributed by atoms with E-state index < -0.39 is 5.60 Å². The van der Waals surface area contributed by atoms with Crippen LogP contribution in [0.25, 0.3) is 0 Å². The number of rotatable bonds is 1. The van der Waals surface area contributed by atoms with E-state index in [0.29, 0.717) is 5.15 Å². The van der Waals surface area contributed by atoms with Crippen molar-refractivity contribution in [3.05, 3.63) is 23.4 Å². The van der Waals surface area contributed by atoms with Gasteiger partial charge in [0.15, 0.2) is 0 Å². The van der Waals surface area contributed by atoms with E-state index in [0.717, 1.165) is 38.2 Å². The summed E-state index contributed by atoms with van der Waals surface area (Å²) in [6.45, 7) is 3.67. The van der Waals surface area contributed by atoms with Gasteiger partial charge >= 0.3 is 0 Å². The molecular formula is C12H17ClN2O. The van der Waals surface area contributed by atoms with Crippen LogP contribution in [0.5, 0.6) is 0 Å². The van der Waals surface area contributed by atoms with Crippen molar-refractivity contribution >= 4 is 17.4 Å². The minimum absolute atomic E-state index is 0.522. The van der Waals surface area contributed by atoms with Crippen LogP contribution in [0.3, 0.4) is 0 Å². The normalized spacial score (nSPS) is 26.6. The maximum Gasteiger partial charge on any atom is 0.131 e. The molecule has 0 saturated carbocycles. The Morgan fingerprint density at radius 3 is 2.94 bits per heavy atom. The lowest BCUT2D eigenvalue weighted by Gasteiger charge is -2.23. The van der Waals surface area contributed by atoms with Crippen LogP contribution in [0.15, 0.2) is 18.2 Å². The molecule has 88 valence electrons. The molecule has 1 aromatic rings. The molecule has 0 spiro atoms. The number of hydrogen-bond acceptors (Lipinski definition) is 3. The molecule has 0 bridgehead atoms. The topological polar surface area (TPSA) is 36.4 Å². The monoisotopic (exact) mass is 240 g/mol. The third-order valence-electron chi connectivity index (χ3n) is 3.09. The van der Waals surface area contributed by atoms with Gasteiger partial charge in [0.1, 0.15) is 11.0 Å². The van der Waals surface area contributed by atoms with E-state index in [1.165, 1.54) is 0 Å². The van der Waals surface area contributed by atoms with Crippen molar-refractivity contribution in [3.8, 4) is 0 Å². The molecule has 3 nitrogen and oxygen atoms in total. The molecule has 1 atom stereocenters. The first-order valence-electron chi connectivity index (χ1n) is 5.67. The highest BCUT2D eigenvalue weighted by atomic mass is 35.5. The number of nitrogens with zero attached hydrogens (tertiary/aromatic N) is 2. The van der Waals surface area contributed by atoms with Crippen LogP contribution < -0.4 is 4.90 Å². The number of halogens is 1. The predicted molar refractivity (Wildman–Crippen MR) is 65.9 cm³/mol. The van der Waals surface area contributed by atoms with Crippen LogP contribution in [-0.2, 0) is 0 Å². The lowest BCUT2D eigenvalue weighted by Crippen LogP contribution is -2.28. The largest absolute Gasteiger partial charge is 0.390 e. The maximum absolute atomic E-state index is 10.0. The number of aliphatic hydroxyl groups is 1. The summed E-state index contributed by atoms with van der Waals surface area (Å²) < 4.78 is 0. The molecule has 1 aromatic heterocycles. The molecule has 0 aromatic carbocycles. The molecule has 1 N–H and O–H groups in total. The Morgan fingerprint density at radius 1 is 1.38 bits per heavy atom. The van der Waals surface area contributed by atoms with E-state index in [-0.39, 0.29) is 0 Å². The van der Waals surface area contributed by atoms with Crippen LogP contribution in [0.4, 0.5) is 5.82 Å². The zero-order valence-corrected chi connectivity index (χ0v) is 10.2. The first kappa shape index (κ1) is 11.7. The Balaban J connectivity index is 2.11. The summed E-state index contributed by atoms with van der Waals surface area (Å²) in [5.41, 5.74) is -0.534. The van der Waals surface area contributed by atoms with Gasteiger partial charge in [-0.15, -0.1) is 0 Å². The predicted octanol–water partition coefficient (Wildman–Crippen LogP) is 2.48. The zero-order chi connectivity index (χ0) is 11.6. The van der Waals surface area contributed by atoms with Crippen molar-refractivity contribution in [2.45, 2.75) is 31.8 Å². The standard InChI is InChI=1S/C12H17ClN2O/c1-12(16)6-3-8-15(9-7-12)11-5-2-4-10(13)14-11/h2,4-5,16H,3,6-9H2,1H3. The number of pyridine rings is 1. The van der Waals surface area contributed by atoms with Crippen LogP contribution in [0, 0.1) is 0 Å². The quantitative estimate of drug-likeness (QED) is 0.767. The molecule has 0 aliphatic carbocycles. The van der Waals surface area contributed by atoms with Crippen molar-refractivity contribution in [3.63, 3.8) is 0 Å². The molecule has 1 saturated heterocycles. The SMILES string of the molecule is CC1(O)CCCN(c2cccc(Cl)n2)CC1. The lowest BCUT2D eigenvalue weighted by molar-refractivity contribution is 0.0481. The molecule has 16 heavy (non-hydrogen) atoms. The van der Waals surface area contributed by atoms with Gasteiger partial charge in [0, 0.05) is 13.1 Å². The molecule has 1 aliphatic heterocycles. The molecule has 1 fully saturated rings. The van der Waals surface area contributed by atoms with E-state index in [1.54, 1.807) is 6.07 Å².